The summed E-state index contributed by atoms with van der Waals surface area (Å²) in [5.41, 5.74) is 1.59. The van der Waals surface area contributed by atoms with Crippen LogP contribution in [0.4, 0.5) is 10.1 Å². The van der Waals surface area contributed by atoms with Crippen LogP contribution in [-0.2, 0) is 11.3 Å². The molecule has 0 aromatic heterocycles. The lowest BCUT2D eigenvalue weighted by atomic mass is 10.1. The Labute approximate surface area is 157 Å². The van der Waals surface area contributed by atoms with E-state index >= 15 is 0 Å². The van der Waals surface area contributed by atoms with Crippen molar-refractivity contribution in [2.75, 3.05) is 51.3 Å². The molecule has 6 heteroatoms. The molecule has 1 aromatic rings. The van der Waals surface area contributed by atoms with E-state index in [9.17, 15) is 4.39 Å². The van der Waals surface area contributed by atoms with E-state index in [0.717, 1.165) is 57.3 Å². The number of anilines is 1. The van der Waals surface area contributed by atoms with Gasteiger partial charge in [0.15, 0.2) is 5.96 Å². The number of hydrogen-bond acceptors (Lipinski definition) is 3. The van der Waals surface area contributed by atoms with Gasteiger partial charge >= 0.3 is 0 Å². The van der Waals surface area contributed by atoms with Gasteiger partial charge in [-0.25, -0.2) is 4.39 Å². The van der Waals surface area contributed by atoms with Crippen molar-refractivity contribution in [3.63, 3.8) is 0 Å². The van der Waals surface area contributed by atoms with E-state index in [1.165, 1.54) is 0 Å². The Bertz CT molecular complexity index is 589. The maximum Gasteiger partial charge on any atom is 0.193 e. The zero-order valence-corrected chi connectivity index (χ0v) is 16.6. The van der Waals surface area contributed by atoms with Crippen molar-refractivity contribution >= 4 is 11.6 Å². The lowest BCUT2D eigenvalue weighted by Gasteiger charge is -2.23. The molecular weight excluding hydrogens is 331 g/mol. The SMILES string of the molecule is CCOCC1CCN(C(=NC)NCc2ccc(N(CC)CC)c(F)c2)C1. The predicted octanol–water partition coefficient (Wildman–Crippen LogP) is 3.11. The summed E-state index contributed by atoms with van der Waals surface area (Å²) < 4.78 is 20.0. The number of rotatable bonds is 8. The molecule has 0 bridgehead atoms. The average Bonchev–Trinajstić information content (AvgIpc) is 3.12. The maximum absolute atomic E-state index is 14.4. The molecule has 0 spiro atoms. The molecule has 1 aliphatic rings. The van der Waals surface area contributed by atoms with E-state index in [1.807, 2.05) is 37.8 Å². The minimum absolute atomic E-state index is 0.166. The molecule has 1 heterocycles. The number of nitrogens with one attached hydrogen (secondary N) is 1. The Kier molecular flexibility index (Phi) is 8.16. The second kappa shape index (κ2) is 10.4. The zero-order valence-electron chi connectivity index (χ0n) is 16.6. The summed E-state index contributed by atoms with van der Waals surface area (Å²) in [5.74, 6) is 1.26. The number of ether oxygens (including phenoxy) is 1. The van der Waals surface area contributed by atoms with Gasteiger partial charge < -0.3 is 19.9 Å². The molecule has 26 heavy (non-hydrogen) atoms. The summed E-state index contributed by atoms with van der Waals surface area (Å²) in [7, 11) is 1.79. The van der Waals surface area contributed by atoms with E-state index in [4.69, 9.17) is 4.74 Å². The molecule has 1 saturated heterocycles. The standard InChI is InChI=1S/C20H33FN4O/c1-5-24(6-2)19-9-8-16(12-18(19)21)13-23-20(22-4)25-11-10-17(14-25)15-26-7-3/h8-9,12,17H,5-7,10-11,13-15H2,1-4H3,(H,22,23). The van der Waals surface area contributed by atoms with Crippen LogP contribution in [0.2, 0.25) is 0 Å². The fourth-order valence-corrected chi connectivity index (χ4v) is 3.44. The maximum atomic E-state index is 14.4. The molecule has 0 radical (unpaired) electrons. The Hall–Kier alpha value is -1.82. The second-order valence-electron chi connectivity index (χ2n) is 6.62. The van der Waals surface area contributed by atoms with Crippen LogP contribution in [0.3, 0.4) is 0 Å². The van der Waals surface area contributed by atoms with Gasteiger partial charge in [0.2, 0.25) is 0 Å². The highest BCUT2D eigenvalue weighted by molar-refractivity contribution is 5.80. The van der Waals surface area contributed by atoms with Gasteiger partial charge in [-0.2, -0.15) is 0 Å². The molecule has 1 N–H and O–H groups in total. The van der Waals surface area contributed by atoms with E-state index in [0.29, 0.717) is 18.2 Å². The Morgan fingerprint density at radius 3 is 2.73 bits per heavy atom. The van der Waals surface area contributed by atoms with Crippen LogP contribution in [0.25, 0.3) is 0 Å². The van der Waals surface area contributed by atoms with E-state index in [1.54, 1.807) is 13.1 Å². The monoisotopic (exact) mass is 364 g/mol. The number of likely N-dealkylation sites (tertiary alicyclic amines) is 1. The molecule has 0 amide bonds. The van der Waals surface area contributed by atoms with Crippen LogP contribution in [0.5, 0.6) is 0 Å². The number of aliphatic imine (C=N–C) groups is 1. The fourth-order valence-electron chi connectivity index (χ4n) is 3.44. The molecule has 0 saturated carbocycles. The molecule has 1 atom stereocenters. The third-order valence-corrected chi connectivity index (χ3v) is 4.92. The Morgan fingerprint density at radius 2 is 2.12 bits per heavy atom. The molecule has 1 unspecified atom stereocenters. The van der Waals surface area contributed by atoms with Gasteiger partial charge in [0.05, 0.1) is 12.3 Å². The minimum Gasteiger partial charge on any atom is -0.381 e. The number of guanidine groups is 1. The van der Waals surface area contributed by atoms with E-state index in [2.05, 4.69) is 15.2 Å². The molecule has 2 rings (SSSR count). The number of hydrogen-bond donors (Lipinski definition) is 1. The third kappa shape index (κ3) is 5.34. The average molecular weight is 365 g/mol. The van der Waals surface area contributed by atoms with Gasteiger partial charge in [-0.05, 0) is 44.9 Å². The molecule has 5 nitrogen and oxygen atoms in total. The van der Waals surface area contributed by atoms with E-state index < -0.39 is 0 Å². The van der Waals surface area contributed by atoms with Gasteiger partial charge in [0.25, 0.3) is 0 Å². The van der Waals surface area contributed by atoms with Crippen LogP contribution in [0, 0.1) is 11.7 Å². The van der Waals surface area contributed by atoms with Crippen molar-refractivity contribution in [2.45, 2.75) is 33.7 Å². The lowest BCUT2D eigenvalue weighted by molar-refractivity contribution is 0.114. The van der Waals surface area contributed by atoms with Crippen LogP contribution in [0.1, 0.15) is 32.8 Å². The summed E-state index contributed by atoms with van der Waals surface area (Å²) in [6, 6.07) is 5.48. The van der Waals surface area contributed by atoms with Crippen molar-refractivity contribution in [2.24, 2.45) is 10.9 Å². The Balaban J connectivity index is 1.92. The number of nitrogens with zero attached hydrogens (tertiary/aromatic N) is 3. The molecule has 1 aliphatic heterocycles. The normalized spacial score (nSPS) is 17.7. The highest BCUT2D eigenvalue weighted by Gasteiger charge is 2.24. The number of halogens is 1. The van der Waals surface area contributed by atoms with Gasteiger partial charge in [-0.3, -0.25) is 4.99 Å². The molecule has 0 aliphatic carbocycles. The minimum atomic E-state index is -0.166. The van der Waals surface area contributed by atoms with Crippen molar-refractivity contribution < 1.29 is 9.13 Å². The summed E-state index contributed by atoms with van der Waals surface area (Å²) in [5, 5.41) is 3.36. The summed E-state index contributed by atoms with van der Waals surface area (Å²) in [6.45, 7) is 11.8. The summed E-state index contributed by atoms with van der Waals surface area (Å²) >= 11 is 0. The fraction of sp³-hybridized carbons (Fsp3) is 0.650. The first-order chi connectivity index (χ1) is 12.6. The van der Waals surface area contributed by atoms with Gasteiger partial charge in [0.1, 0.15) is 5.82 Å². The van der Waals surface area contributed by atoms with Crippen LogP contribution in [0.15, 0.2) is 23.2 Å². The highest BCUT2D eigenvalue weighted by atomic mass is 19.1. The molecule has 1 fully saturated rings. The summed E-state index contributed by atoms with van der Waals surface area (Å²) in [6.07, 6.45) is 1.12. The Morgan fingerprint density at radius 1 is 1.35 bits per heavy atom. The second-order valence-corrected chi connectivity index (χ2v) is 6.62. The van der Waals surface area contributed by atoms with Crippen molar-refractivity contribution in [3.8, 4) is 0 Å². The van der Waals surface area contributed by atoms with Gasteiger partial charge in [-0.1, -0.05) is 6.07 Å². The van der Waals surface area contributed by atoms with Crippen molar-refractivity contribution in [1.82, 2.24) is 10.2 Å². The van der Waals surface area contributed by atoms with E-state index in [-0.39, 0.29) is 5.82 Å². The number of benzene rings is 1. The molecule has 1 aromatic carbocycles. The first-order valence-electron chi connectivity index (χ1n) is 9.69. The van der Waals surface area contributed by atoms with Gasteiger partial charge in [-0.15, -0.1) is 0 Å². The topological polar surface area (TPSA) is 40.1 Å². The van der Waals surface area contributed by atoms with Crippen molar-refractivity contribution in [1.29, 1.82) is 0 Å². The largest absolute Gasteiger partial charge is 0.381 e. The molecule has 146 valence electrons. The van der Waals surface area contributed by atoms with Crippen molar-refractivity contribution in [3.05, 3.63) is 29.6 Å². The summed E-state index contributed by atoms with van der Waals surface area (Å²) in [4.78, 5) is 8.66. The van der Waals surface area contributed by atoms with Gasteiger partial charge in [0, 0.05) is 52.3 Å². The molecular formula is C20H33FN4O. The first-order valence-corrected chi connectivity index (χ1v) is 9.69. The van der Waals surface area contributed by atoms with Crippen LogP contribution < -0.4 is 10.2 Å². The third-order valence-electron chi connectivity index (χ3n) is 4.92. The lowest BCUT2D eigenvalue weighted by Crippen LogP contribution is -2.39. The zero-order chi connectivity index (χ0) is 18.9. The van der Waals surface area contributed by atoms with Crippen LogP contribution in [-0.4, -0.2) is 57.3 Å². The smallest absolute Gasteiger partial charge is 0.193 e. The highest BCUT2D eigenvalue weighted by Crippen LogP contribution is 2.21. The quantitative estimate of drug-likeness (QED) is 0.568. The first kappa shape index (κ1) is 20.5. The predicted molar refractivity (Wildman–Crippen MR) is 106 cm³/mol. The van der Waals surface area contributed by atoms with Crippen LogP contribution >= 0.6 is 0 Å².